The van der Waals surface area contributed by atoms with Gasteiger partial charge in [0.15, 0.2) is 5.82 Å². The topological polar surface area (TPSA) is 55.6 Å². The van der Waals surface area contributed by atoms with Crippen LogP contribution in [-0.4, -0.2) is 19.7 Å². The Bertz CT molecular complexity index is 449. The summed E-state index contributed by atoms with van der Waals surface area (Å²) in [6.45, 7) is 2.65. The minimum atomic E-state index is 0.633. The average Bonchev–Trinajstić information content (AvgIpc) is 2.63. The molecule has 0 aliphatic heterocycles. The quantitative estimate of drug-likeness (QED) is 0.812. The maximum absolute atomic E-state index is 4.24. The van der Waals surface area contributed by atoms with Crippen molar-refractivity contribution in [2.75, 3.05) is 5.32 Å². The van der Waals surface area contributed by atoms with Crippen molar-refractivity contribution < 1.29 is 0 Å². The van der Waals surface area contributed by atoms with E-state index in [1.54, 1.807) is 12.5 Å². The SMILES string of the molecule is Cc1cccnc1NCc1nncn1C. The molecule has 0 unspecified atom stereocenters. The molecule has 78 valence electrons. The second-order valence-electron chi connectivity index (χ2n) is 3.38. The minimum absolute atomic E-state index is 0.633. The van der Waals surface area contributed by atoms with Gasteiger partial charge >= 0.3 is 0 Å². The van der Waals surface area contributed by atoms with Crippen molar-refractivity contribution in [2.24, 2.45) is 7.05 Å². The molecule has 0 aromatic carbocycles. The van der Waals surface area contributed by atoms with Crippen LogP contribution in [0.1, 0.15) is 11.4 Å². The maximum atomic E-state index is 4.24. The molecule has 0 atom stereocenters. The van der Waals surface area contributed by atoms with Gasteiger partial charge < -0.3 is 9.88 Å². The van der Waals surface area contributed by atoms with Crippen LogP contribution in [0.15, 0.2) is 24.7 Å². The zero-order chi connectivity index (χ0) is 10.7. The van der Waals surface area contributed by atoms with Crippen molar-refractivity contribution in [1.29, 1.82) is 0 Å². The lowest BCUT2D eigenvalue weighted by Crippen LogP contribution is -2.07. The third-order valence-corrected chi connectivity index (χ3v) is 2.23. The summed E-state index contributed by atoms with van der Waals surface area (Å²) in [7, 11) is 1.92. The zero-order valence-corrected chi connectivity index (χ0v) is 8.81. The first-order chi connectivity index (χ1) is 7.27. The van der Waals surface area contributed by atoms with Crippen LogP contribution >= 0.6 is 0 Å². The van der Waals surface area contributed by atoms with Crippen molar-refractivity contribution in [3.63, 3.8) is 0 Å². The number of nitrogens with one attached hydrogen (secondary N) is 1. The van der Waals surface area contributed by atoms with Crippen LogP contribution in [0.3, 0.4) is 0 Å². The van der Waals surface area contributed by atoms with Crippen LogP contribution in [0.25, 0.3) is 0 Å². The van der Waals surface area contributed by atoms with E-state index in [4.69, 9.17) is 0 Å². The number of pyridine rings is 1. The molecular formula is C10H13N5. The summed E-state index contributed by atoms with van der Waals surface area (Å²) >= 11 is 0. The second-order valence-corrected chi connectivity index (χ2v) is 3.38. The van der Waals surface area contributed by atoms with Crippen molar-refractivity contribution in [2.45, 2.75) is 13.5 Å². The van der Waals surface area contributed by atoms with E-state index in [1.807, 2.05) is 30.7 Å². The lowest BCUT2D eigenvalue weighted by molar-refractivity contribution is 0.809. The molecule has 1 N–H and O–H groups in total. The number of aromatic nitrogens is 4. The maximum Gasteiger partial charge on any atom is 0.151 e. The van der Waals surface area contributed by atoms with Crippen molar-refractivity contribution >= 4 is 5.82 Å². The number of nitrogens with zero attached hydrogens (tertiary/aromatic N) is 4. The fourth-order valence-electron chi connectivity index (χ4n) is 1.30. The lowest BCUT2D eigenvalue weighted by Gasteiger charge is -2.06. The zero-order valence-electron chi connectivity index (χ0n) is 8.81. The Morgan fingerprint density at radius 2 is 2.33 bits per heavy atom. The van der Waals surface area contributed by atoms with Gasteiger partial charge in [-0.3, -0.25) is 0 Å². The Morgan fingerprint density at radius 3 is 3.00 bits per heavy atom. The Balaban J connectivity index is 2.06. The van der Waals surface area contributed by atoms with Crippen molar-refractivity contribution in [3.05, 3.63) is 36.0 Å². The normalized spacial score (nSPS) is 10.3. The van der Waals surface area contributed by atoms with Crippen LogP contribution in [0, 0.1) is 6.92 Å². The molecule has 0 fully saturated rings. The average molecular weight is 203 g/mol. The molecule has 5 nitrogen and oxygen atoms in total. The summed E-state index contributed by atoms with van der Waals surface area (Å²) in [4.78, 5) is 4.24. The Kier molecular flexibility index (Phi) is 2.62. The molecule has 0 saturated carbocycles. The van der Waals surface area contributed by atoms with Gasteiger partial charge in [-0.05, 0) is 18.6 Å². The van der Waals surface area contributed by atoms with Crippen LogP contribution in [0.2, 0.25) is 0 Å². The molecule has 2 rings (SSSR count). The second kappa shape index (κ2) is 4.08. The van der Waals surface area contributed by atoms with E-state index >= 15 is 0 Å². The summed E-state index contributed by atoms with van der Waals surface area (Å²) < 4.78 is 1.88. The van der Waals surface area contributed by atoms with Gasteiger partial charge in [0.1, 0.15) is 12.1 Å². The lowest BCUT2D eigenvalue weighted by atomic mass is 10.3. The molecule has 2 heterocycles. The number of anilines is 1. The predicted octanol–water partition coefficient (Wildman–Crippen LogP) is 1.13. The monoisotopic (exact) mass is 203 g/mol. The van der Waals surface area contributed by atoms with Crippen molar-refractivity contribution in [3.8, 4) is 0 Å². The molecule has 0 spiro atoms. The third kappa shape index (κ3) is 2.12. The van der Waals surface area contributed by atoms with E-state index < -0.39 is 0 Å². The van der Waals surface area contributed by atoms with E-state index in [2.05, 4.69) is 20.5 Å². The molecule has 0 radical (unpaired) electrons. The van der Waals surface area contributed by atoms with E-state index in [0.717, 1.165) is 17.2 Å². The van der Waals surface area contributed by atoms with E-state index in [0.29, 0.717) is 6.54 Å². The summed E-state index contributed by atoms with van der Waals surface area (Å²) in [5.41, 5.74) is 1.12. The smallest absolute Gasteiger partial charge is 0.151 e. The largest absolute Gasteiger partial charge is 0.363 e. The number of aryl methyl sites for hydroxylation is 2. The number of hydrogen-bond acceptors (Lipinski definition) is 4. The van der Waals surface area contributed by atoms with Gasteiger partial charge in [0.05, 0.1) is 6.54 Å². The van der Waals surface area contributed by atoms with Gasteiger partial charge in [-0.2, -0.15) is 0 Å². The van der Waals surface area contributed by atoms with Crippen LogP contribution in [0.4, 0.5) is 5.82 Å². The van der Waals surface area contributed by atoms with Crippen molar-refractivity contribution in [1.82, 2.24) is 19.7 Å². The highest BCUT2D eigenvalue weighted by atomic mass is 15.3. The first-order valence-corrected chi connectivity index (χ1v) is 4.76. The first kappa shape index (κ1) is 9.64. The standard InChI is InChI=1S/C10H13N5/c1-8-4-3-5-11-10(8)12-6-9-14-13-7-15(9)2/h3-5,7H,6H2,1-2H3,(H,11,12). The first-order valence-electron chi connectivity index (χ1n) is 4.76. The highest BCUT2D eigenvalue weighted by molar-refractivity contribution is 5.42. The van der Waals surface area contributed by atoms with E-state index in [1.165, 1.54) is 0 Å². The highest BCUT2D eigenvalue weighted by Crippen LogP contribution is 2.09. The highest BCUT2D eigenvalue weighted by Gasteiger charge is 2.02. The Morgan fingerprint density at radius 1 is 1.47 bits per heavy atom. The predicted molar refractivity (Wildman–Crippen MR) is 57.3 cm³/mol. The molecule has 0 saturated heterocycles. The van der Waals surface area contributed by atoms with Crippen LogP contribution in [-0.2, 0) is 13.6 Å². The summed E-state index contributed by atoms with van der Waals surface area (Å²) in [6.07, 6.45) is 3.45. The molecule has 2 aromatic heterocycles. The van der Waals surface area contributed by atoms with Gasteiger partial charge in [-0.15, -0.1) is 10.2 Å². The molecule has 0 aliphatic rings. The molecule has 0 bridgehead atoms. The van der Waals surface area contributed by atoms with Gasteiger partial charge in [0.2, 0.25) is 0 Å². The van der Waals surface area contributed by atoms with Crippen LogP contribution < -0.4 is 5.32 Å². The molecule has 15 heavy (non-hydrogen) atoms. The Labute approximate surface area is 88.2 Å². The van der Waals surface area contributed by atoms with Crippen LogP contribution in [0.5, 0.6) is 0 Å². The summed E-state index contributed by atoms with van der Waals surface area (Å²) in [6, 6.07) is 3.94. The Hall–Kier alpha value is -1.91. The molecular weight excluding hydrogens is 190 g/mol. The van der Waals surface area contributed by atoms with Gasteiger partial charge in [0, 0.05) is 13.2 Å². The van der Waals surface area contributed by atoms with Gasteiger partial charge in [-0.1, -0.05) is 6.07 Å². The molecule has 0 aliphatic carbocycles. The minimum Gasteiger partial charge on any atom is -0.363 e. The molecule has 5 heteroatoms. The third-order valence-electron chi connectivity index (χ3n) is 2.23. The van der Waals surface area contributed by atoms with E-state index in [-0.39, 0.29) is 0 Å². The van der Waals surface area contributed by atoms with Gasteiger partial charge in [-0.25, -0.2) is 4.98 Å². The van der Waals surface area contributed by atoms with E-state index in [9.17, 15) is 0 Å². The summed E-state index contributed by atoms with van der Waals surface area (Å²) in [5, 5.41) is 11.0. The molecule has 0 amide bonds. The number of hydrogen-bond donors (Lipinski definition) is 1. The number of rotatable bonds is 3. The fraction of sp³-hybridized carbons (Fsp3) is 0.300. The van der Waals surface area contributed by atoms with Gasteiger partial charge in [0.25, 0.3) is 0 Å². The fourth-order valence-corrected chi connectivity index (χ4v) is 1.30. The molecule has 2 aromatic rings. The summed E-state index contributed by atoms with van der Waals surface area (Å²) in [5.74, 6) is 1.78.